The van der Waals surface area contributed by atoms with Crippen molar-refractivity contribution >= 4 is 56.0 Å². The summed E-state index contributed by atoms with van der Waals surface area (Å²) in [5.74, 6) is -3.07. The van der Waals surface area contributed by atoms with E-state index in [2.05, 4.69) is 0 Å². The Bertz CT molecular complexity index is 545. The Hall–Kier alpha value is 0.0200. The molecule has 1 aromatic rings. The van der Waals surface area contributed by atoms with E-state index in [1.165, 1.54) is 38.5 Å². The number of hydrogen-bond acceptors (Lipinski definition) is 2. The lowest BCUT2D eigenvalue weighted by atomic mass is 9.95. The summed E-state index contributed by atoms with van der Waals surface area (Å²) in [6.07, 6.45) is -5.99. The van der Waals surface area contributed by atoms with Gasteiger partial charge in [-0.2, -0.15) is 30.7 Å². The zero-order valence-corrected chi connectivity index (χ0v) is 14.6. The van der Waals surface area contributed by atoms with Gasteiger partial charge in [0.1, 0.15) is 0 Å². The molecule has 1 atom stereocenters. The van der Waals surface area contributed by atoms with Crippen LogP contribution in [0.1, 0.15) is 5.56 Å². The highest BCUT2D eigenvalue weighted by Gasteiger charge is 2.71. The molecule has 0 fully saturated rings. The fraction of sp³-hybridized carbons (Fsp3) is 0.400. The van der Waals surface area contributed by atoms with E-state index in [1.807, 2.05) is 0 Å². The Morgan fingerprint density at radius 1 is 1.09 bits per heavy atom. The maximum atomic E-state index is 14.2. The fourth-order valence-electron chi connectivity index (χ4n) is 1.47. The lowest BCUT2D eigenvalue weighted by Crippen LogP contribution is -2.49. The maximum absolute atomic E-state index is 14.2. The second kappa shape index (κ2) is 6.49. The minimum Gasteiger partial charge on any atom is -0.397 e. The van der Waals surface area contributed by atoms with E-state index >= 15 is 0 Å². The molecule has 0 aliphatic heterocycles. The molecule has 0 aliphatic rings. The van der Waals surface area contributed by atoms with E-state index in [4.69, 9.17) is 5.73 Å². The van der Waals surface area contributed by atoms with Crippen molar-refractivity contribution in [3.8, 4) is 0 Å². The van der Waals surface area contributed by atoms with Gasteiger partial charge < -0.3 is 5.73 Å². The van der Waals surface area contributed by atoms with Crippen LogP contribution in [0.15, 0.2) is 17.0 Å². The summed E-state index contributed by atoms with van der Waals surface area (Å²) in [7, 11) is 0. The van der Waals surface area contributed by atoms with Gasteiger partial charge in [-0.3, -0.25) is 0 Å². The van der Waals surface area contributed by atoms with Gasteiger partial charge in [0.15, 0.2) is 0 Å². The van der Waals surface area contributed by atoms with E-state index in [0.29, 0.717) is 6.07 Å². The van der Waals surface area contributed by atoms with Gasteiger partial charge in [0.05, 0.1) is 5.69 Å². The number of hydrogen-bond donors (Lipinski definition) is 1. The number of halogens is 10. The first kappa shape index (κ1) is 20.1. The van der Waals surface area contributed by atoms with Crippen molar-refractivity contribution in [1.29, 1.82) is 0 Å². The minimum atomic E-state index is -5.99. The number of benzene rings is 1. The molecule has 0 amide bonds. The Morgan fingerprint density at radius 2 is 1.59 bits per heavy atom. The molecule has 12 heteroatoms. The smallest absolute Gasteiger partial charge is 0.397 e. The van der Waals surface area contributed by atoms with E-state index < -0.39 is 32.9 Å². The Kier molecular flexibility index (Phi) is 5.92. The normalized spacial score (nSPS) is 16.0. The number of rotatable bonds is 4. The maximum Gasteiger partial charge on any atom is 0.433 e. The third-order valence-electron chi connectivity index (χ3n) is 2.49. The van der Waals surface area contributed by atoms with Crippen molar-refractivity contribution in [1.82, 2.24) is 0 Å². The van der Waals surface area contributed by atoms with Gasteiger partial charge in [-0.15, -0.1) is 0 Å². The van der Waals surface area contributed by atoms with Gasteiger partial charge in [0.25, 0.3) is 5.76 Å². The molecule has 126 valence electrons. The molecule has 1 aromatic carbocycles. The molecule has 22 heavy (non-hydrogen) atoms. The molecular weight excluding hydrogens is 525 g/mol. The molecule has 0 aromatic heterocycles. The summed E-state index contributed by atoms with van der Waals surface area (Å²) in [6.45, 7) is 0. The fourth-order valence-corrected chi connectivity index (χ4v) is 3.36. The van der Waals surface area contributed by atoms with Gasteiger partial charge >= 0.3 is 16.7 Å². The highest BCUT2D eigenvalue weighted by Crippen LogP contribution is 2.56. The van der Waals surface area contributed by atoms with Crippen LogP contribution in [0.2, 0.25) is 0 Å². The zero-order chi connectivity index (χ0) is 17.5. The van der Waals surface area contributed by atoms with Gasteiger partial charge in [-0.1, -0.05) is 11.8 Å². The summed E-state index contributed by atoms with van der Waals surface area (Å²) >= 11 is 2.45. The molecular formula is C10H5BrF8INS. The number of nitrogen functional groups attached to an aromatic ring is 1. The van der Waals surface area contributed by atoms with Crippen LogP contribution in [0.5, 0.6) is 0 Å². The summed E-state index contributed by atoms with van der Waals surface area (Å²) in [6, 6.07) is 0.686. The van der Waals surface area contributed by atoms with Crippen molar-refractivity contribution in [2.24, 2.45) is 0 Å². The van der Waals surface area contributed by atoms with Crippen LogP contribution in [0.4, 0.5) is 40.8 Å². The topological polar surface area (TPSA) is 26.0 Å². The van der Waals surface area contributed by atoms with Crippen LogP contribution in [0.3, 0.4) is 0 Å². The summed E-state index contributed by atoms with van der Waals surface area (Å²) in [5.41, 5.74) is -1.58. The highest BCUT2D eigenvalue weighted by molar-refractivity contribution is 14.1. The second-order valence-corrected chi connectivity index (χ2v) is 7.09. The van der Waals surface area contributed by atoms with Crippen LogP contribution < -0.4 is 5.73 Å². The van der Waals surface area contributed by atoms with Crippen LogP contribution in [0, 0.1) is 3.57 Å². The number of thioether (sulfide) groups is 1. The van der Waals surface area contributed by atoms with Crippen LogP contribution in [-0.4, -0.2) is 16.8 Å². The van der Waals surface area contributed by atoms with E-state index in [-0.39, 0.29) is 27.1 Å². The van der Waals surface area contributed by atoms with Crippen LogP contribution in [0.25, 0.3) is 0 Å². The summed E-state index contributed by atoms with van der Waals surface area (Å²) in [4.78, 5) is -5.63. The predicted octanol–water partition coefficient (Wildman–Crippen LogP) is 5.90. The molecule has 0 saturated heterocycles. The molecule has 0 radical (unpaired) electrons. The Morgan fingerprint density at radius 3 is 1.95 bits per heavy atom. The minimum absolute atomic E-state index is 0.247. The van der Waals surface area contributed by atoms with E-state index in [9.17, 15) is 35.1 Å². The summed E-state index contributed by atoms with van der Waals surface area (Å²) in [5, 5.41) is 0. The first-order valence-electron chi connectivity index (χ1n) is 5.08. The SMILES string of the molecule is Nc1c(I)cc(C(F)(C(F)(F)F)C(F)(F)Br)cc1SC(F)F. The largest absolute Gasteiger partial charge is 0.433 e. The van der Waals surface area contributed by atoms with Crippen molar-refractivity contribution in [3.05, 3.63) is 21.3 Å². The Balaban J connectivity index is 3.62. The number of nitrogens with two attached hydrogens (primary N) is 1. The standard InChI is InChI=1S/C10H5BrF8INS/c11-9(15,16)8(14,10(17,18)19)3-1-4(20)6(21)5(2-3)22-7(12)13/h1-2,7H,21H2. The lowest BCUT2D eigenvalue weighted by Gasteiger charge is -2.32. The van der Waals surface area contributed by atoms with Crippen molar-refractivity contribution < 1.29 is 35.1 Å². The Labute approximate surface area is 145 Å². The average Bonchev–Trinajstić information content (AvgIpc) is 2.30. The van der Waals surface area contributed by atoms with Crippen LogP contribution >= 0.6 is 50.3 Å². The first-order chi connectivity index (χ1) is 9.71. The first-order valence-corrected chi connectivity index (χ1v) is 7.83. The lowest BCUT2D eigenvalue weighted by molar-refractivity contribution is -0.282. The van der Waals surface area contributed by atoms with Gasteiger partial charge in [0.2, 0.25) is 0 Å². The molecule has 1 unspecified atom stereocenters. The van der Waals surface area contributed by atoms with Gasteiger partial charge in [-0.25, -0.2) is 4.39 Å². The molecule has 2 N–H and O–H groups in total. The van der Waals surface area contributed by atoms with E-state index in [0.717, 1.165) is 0 Å². The number of alkyl halides is 9. The molecule has 1 nitrogen and oxygen atoms in total. The van der Waals surface area contributed by atoms with E-state index in [1.54, 1.807) is 0 Å². The second-order valence-electron chi connectivity index (χ2n) is 3.90. The quantitative estimate of drug-likeness (QED) is 0.173. The monoisotopic (exact) mass is 529 g/mol. The molecule has 0 heterocycles. The molecule has 1 rings (SSSR count). The number of anilines is 1. The highest BCUT2D eigenvalue weighted by atomic mass is 127. The third-order valence-corrected chi connectivity index (χ3v) is 4.70. The van der Waals surface area contributed by atoms with Crippen LogP contribution in [-0.2, 0) is 5.67 Å². The van der Waals surface area contributed by atoms with Crippen molar-refractivity contribution in [3.63, 3.8) is 0 Å². The molecule has 0 spiro atoms. The van der Waals surface area contributed by atoms with Gasteiger partial charge in [-0.05, 0) is 50.7 Å². The summed E-state index contributed by atoms with van der Waals surface area (Å²) < 4.78 is 104. The van der Waals surface area contributed by atoms with Crippen molar-refractivity contribution in [2.45, 2.75) is 27.3 Å². The molecule has 0 saturated carbocycles. The van der Waals surface area contributed by atoms with Gasteiger partial charge in [0, 0.05) is 14.0 Å². The molecule has 0 aliphatic carbocycles. The predicted molar refractivity (Wildman–Crippen MR) is 78.1 cm³/mol. The third kappa shape index (κ3) is 3.74. The van der Waals surface area contributed by atoms with Crippen molar-refractivity contribution in [2.75, 3.05) is 5.73 Å². The average molecular weight is 530 g/mol. The molecule has 0 bridgehead atoms. The zero-order valence-electron chi connectivity index (χ0n) is 10.00.